The molecule has 4 aliphatic carbocycles. The summed E-state index contributed by atoms with van der Waals surface area (Å²) in [7, 11) is 3.05. The minimum atomic E-state index is -0.00603. The van der Waals surface area contributed by atoms with E-state index in [1.807, 2.05) is 0 Å². The summed E-state index contributed by atoms with van der Waals surface area (Å²) in [5.74, 6) is 7.77. The van der Waals surface area contributed by atoms with E-state index < -0.39 is 0 Å². The van der Waals surface area contributed by atoms with Crippen LogP contribution in [-0.2, 0) is 4.74 Å². The quantitative estimate of drug-likeness (QED) is 0.555. The highest BCUT2D eigenvalue weighted by molar-refractivity contribution is 7.13. The number of nitrogens with zero attached hydrogens (tertiary/aromatic N) is 1. The molecule has 2 heterocycles. The molecule has 6 aliphatic rings. The van der Waals surface area contributed by atoms with Gasteiger partial charge in [-0.25, -0.2) is 0 Å². The zero-order valence-electron chi connectivity index (χ0n) is 18.5. The van der Waals surface area contributed by atoms with Crippen LogP contribution in [0.1, 0.15) is 78.1 Å². The number of aliphatic hydroxyl groups excluding tert-OH is 1. The van der Waals surface area contributed by atoms with Gasteiger partial charge in [0, 0.05) is 12.5 Å². The van der Waals surface area contributed by atoms with Gasteiger partial charge in [0.05, 0.1) is 12.2 Å². The molecule has 4 heteroatoms. The third-order valence-corrected chi connectivity index (χ3v) is 11.6. The Labute approximate surface area is 180 Å². The Kier molecular flexibility index (Phi) is 4.93. The molecule has 3 nitrogen and oxygen atoms in total. The molecule has 0 aromatic carbocycles. The van der Waals surface area contributed by atoms with Crippen LogP contribution in [-0.4, -0.2) is 34.3 Å². The van der Waals surface area contributed by atoms with Gasteiger partial charge >= 0.3 is 0 Å². The van der Waals surface area contributed by atoms with Gasteiger partial charge in [-0.3, -0.25) is 4.67 Å². The fraction of sp³-hybridized carbons (Fsp3) is 1.00. The first-order valence-electron chi connectivity index (χ1n) is 12.9. The Hall–Kier alpha value is 0.310. The van der Waals surface area contributed by atoms with E-state index in [4.69, 9.17) is 4.74 Å². The number of piperidine rings is 1. The lowest BCUT2D eigenvalue weighted by Crippen LogP contribution is -2.54. The summed E-state index contributed by atoms with van der Waals surface area (Å²) in [5, 5.41) is 10.2. The summed E-state index contributed by atoms with van der Waals surface area (Å²) in [6.07, 6.45) is 13.6. The van der Waals surface area contributed by atoms with Gasteiger partial charge in [-0.05, 0) is 112 Å². The van der Waals surface area contributed by atoms with Gasteiger partial charge < -0.3 is 9.84 Å². The van der Waals surface area contributed by atoms with E-state index in [0.717, 1.165) is 60.2 Å². The van der Waals surface area contributed by atoms with Gasteiger partial charge in [0.25, 0.3) is 0 Å². The molecule has 2 saturated heterocycles. The van der Waals surface area contributed by atoms with Crippen molar-refractivity contribution in [2.24, 2.45) is 53.3 Å². The number of ether oxygens (including phenoxy) is 1. The summed E-state index contributed by atoms with van der Waals surface area (Å²) < 4.78 is 9.57. The highest BCUT2D eigenvalue weighted by Crippen LogP contribution is 2.65. The average Bonchev–Trinajstić information content (AvgIpc) is 3.19. The zero-order chi connectivity index (χ0) is 19.9. The van der Waals surface area contributed by atoms with Gasteiger partial charge in [-0.15, -0.1) is 0 Å². The molecule has 6 rings (SSSR count). The van der Waals surface area contributed by atoms with Gasteiger partial charge in [0.15, 0.2) is 0 Å². The Morgan fingerprint density at radius 2 is 1.59 bits per heavy atom. The Balaban J connectivity index is 1.21. The van der Waals surface area contributed by atoms with Crippen molar-refractivity contribution in [1.82, 2.24) is 4.67 Å². The van der Waals surface area contributed by atoms with Crippen LogP contribution in [0.25, 0.3) is 0 Å². The molecule has 1 N–H and O–H groups in total. The molecule has 6 fully saturated rings. The third kappa shape index (κ3) is 2.89. The minimum absolute atomic E-state index is 0.00545. The molecule has 0 amide bonds. The molecule has 0 bridgehead atoms. The molecule has 164 valence electrons. The van der Waals surface area contributed by atoms with Crippen molar-refractivity contribution in [1.29, 1.82) is 0 Å². The van der Waals surface area contributed by atoms with Crippen molar-refractivity contribution >= 4 is 9.39 Å². The van der Waals surface area contributed by atoms with Crippen molar-refractivity contribution in [2.75, 3.05) is 6.54 Å². The number of hydrogen-bond acceptors (Lipinski definition) is 3. The fourth-order valence-electron chi connectivity index (χ4n) is 9.79. The highest BCUT2D eigenvalue weighted by atomic mass is 31.0. The molecular weight excluding hydrogens is 377 g/mol. The topological polar surface area (TPSA) is 32.7 Å². The maximum atomic E-state index is 10.2. The lowest BCUT2D eigenvalue weighted by molar-refractivity contribution is -0.156. The fourth-order valence-corrected chi connectivity index (χ4v) is 10.6. The predicted molar refractivity (Wildman–Crippen MR) is 119 cm³/mol. The van der Waals surface area contributed by atoms with E-state index in [-0.39, 0.29) is 11.8 Å². The summed E-state index contributed by atoms with van der Waals surface area (Å²) >= 11 is 0. The monoisotopic (exact) mass is 419 g/mol. The second-order valence-electron chi connectivity index (χ2n) is 12.1. The van der Waals surface area contributed by atoms with Crippen LogP contribution >= 0.6 is 9.39 Å². The molecule has 29 heavy (non-hydrogen) atoms. The molecule has 0 aromatic heterocycles. The van der Waals surface area contributed by atoms with Crippen molar-refractivity contribution < 1.29 is 9.84 Å². The van der Waals surface area contributed by atoms with Crippen LogP contribution in [0.2, 0.25) is 0 Å². The molecule has 1 spiro atoms. The molecule has 13 atom stereocenters. The van der Waals surface area contributed by atoms with E-state index in [9.17, 15) is 5.11 Å². The molecule has 4 saturated carbocycles. The lowest BCUT2D eigenvalue weighted by atomic mass is 9.53. The van der Waals surface area contributed by atoms with Crippen molar-refractivity contribution in [3.63, 3.8) is 0 Å². The summed E-state index contributed by atoms with van der Waals surface area (Å²) in [6.45, 7) is 6.09. The van der Waals surface area contributed by atoms with Crippen LogP contribution in [0.15, 0.2) is 0 Å². The van der Waals surface area contributed by atoms with Gasteiger partial charge in [0.2, 0.25) is 0 Å². The van der Waals surface area contributed by atoms with Crippen molar-refractivity contribution in [3.8, 4) is 0 Å². The van der Waals surface area contributed by atoms with E-state index in [1.54, 1.807) is 0 Å². The van der Waals surface area contributed by atoms with Crippen LogP contribution < -0.4 is 0 Å². The second-order valence-corrected chi connectivity index (χ2v) is 12.7. The first-order valence-corrected chi connectivity index (χ1v) is 13.4. The van der Waals surface area contributed by atoms with Crippen LogP contribution in [0.5, 0.6) is 0 Å². The Morgan fingerprint density at radius 3 is 2.41 bits per heavy atom. The summed E-state index contributed by atoms with van der Waals surface area (Å²) in [5.41, 5.74) is 0.00545. The Bertz CT molecular complexity index is 644. The number of aliphatic hydroxyl groups is 1. The van der Waals surface area contributed by atoms with E-state index in [2.05, 4.69) is 27.9 Å². The number of rotatable bonds is 0. The van der Waals surface area contributed by atoms with Gasteiger partial charge in [-0.1, -0.05) is 23.2 Å². The third-order valence-electron chi connectivity index (χ3n) is 11.0. The normalized spacial score (nSPS) is 59.8. The largest absolute Gasteiger partial charge is 0.393 e. The minimum Gasteiger partial charge on any atom is -0.393 e. The van der Waals surface area contributed by atoms with E-state index >= 15 is 0 Å². The SMILES string of the molecule is CC1CCC2(OC3CC4C5CCC6C[C@@H](O)CCC6C5CCC4C3C2C)N(P)C1. The predicted octanol–water partition coefficient (Wildman–Crippen LogP) is 5.09. The van der Waals surface area contributed by atoms with Gasteiger partial charge in [0.1, 0.15) is 5.72 Å². The average molecular weight is 420 g/mol. The molecule has 0 radical (unpaired) electrons. The lowest BCUT2D eigenvalue weighted by Gasteiger charge is -2.54. The molecule has 0 aromatic rings. The molecule has 12 unspecified atom stereocenters. The maximum absolute atomic E-state index is 10.2. The Morgan fingerprint density at radius 1 is 0.862 bits per heavy atom. The van der Waals surface area contributed by atoms with E-state index in [1.165, 1.54) is 57.9 Å². The summed E-state index contributed by atoms with van der Waals surface area (Å²) in [6, 6.07) is 0. The van der Waals surface area contributed by atoms with Gasteiger partial charge in [-0.2, -0.15) is 0 Å². The number of hydrogen-bond donors (Lipinski definition) is 1. The van der Waals surface area contributed by atoms with Crippen LogP contribution in [0, 0.1) is 53.3 Å². The van der Waals surface area contributed by atoms with E-state index in [0.29, 0.717) is 12.0 Å². The van der Waals surface area contributed by atoms with Crippen molar-refractivity contribution in [3.05, 3.63) is 0 Å². The molecular formula is C25H42NO2P. The first kappa shape index (κ1) is 20.0. The van der Waals surface area contributed by atoms with Crippen LogP contribution in [0.3, 0.4) is 0 Å². The van der Waals surface area contributed by atoms with Crippen molar-refractivity contribution in [2.45, 2.75) is 96.0 Å². The van der Waals surface area contributed by atoms with Crippen LogP contribution in [0.4, 0.5) is 0 Å². The smallest absolute Gasteiger partial charge is 0.127 e. The number of fused-ring (bicyclic) bond motifs is 7. The second kappa shape index (κ2) is 7.16. The standard InChI is InChI=1S/C25H42NO2P/c1-14-9-10-25(26(29)13-14)15(2)24-21-8-7-19-18-6-4-17(27)11-16(18)3-5-20(19)22(21)12-23(24)28-25/h14-24,27H,3-13,29H2,1-2H3/t14?,15?,16?,17-,18?,19?,20?,21?,22?,23?,24?,25?/m0/s1. The zero-order valence-corrected chi connectivity index (χ0v) is 19.7. The first-order chi connectivity index (χ1) is 14.0. The molecule has 2 aliphatic heterocycles. The highest BCUT2D eigenvalue weighted by Gasteiger charge is 2.64. The summed E-state index contributed by atoms with van der Waals surface area (Å²) in [4.78, 5) is 0. The maximum Gasteiger partial charge on any atom is 0.127 e.